The van der Waals surface area contributed by atoms with Crippen molar-refractivity contribution >= 4 is 23.0 Å². The van der Waals surface area contributed by atoms with Gasteiger partial charge in [0.1, 0.15) is 11.4 Å². The highest BCUT2D eigenvalue weighted by Gasteiger charge is 2.27. The van der Waals surface area contributed by atoms with Crippen molar-refractivity contribution in [2.75, 3.05) is 56.2 Å². The molecule has 0 saturated carbocycles. The maximum absolute atomic E-state index is 12.9. The fourth-order valence-corrected chi connectivity index (χ4v) is 4.23. The van der Waals surface area contributed by atoms with Gasteiger partial charge in [0.05, 0.1) is 17.6 Å². The summed E-state index contributed by atoms with van der Waals surface area (Å²) in [5.74, 6) is 0.545. The number of carbonyl (C=O) groups is 1. The topological polar surface area (TPSA) is 79.2 Å². The Morgan fingerprint density at radius 2 is 1.67 bits per heavy atom. The normalized spacial score (nSPS) is 16.6. The highest BCUT2D eigenvalue weighted by Crippen LogP contribution is 2.35. The van der Waals surface area contributed by atoms with E-state index in [1.165, 1.54) is 0 Å². The fraction of sp³-hybridized carbons (Fsp3) is 0.409. The number of hydrogen-bond acceptors (Lipinski definition) is 6. The molecular formula is C22H26N4O4. The zero-order valence-corrected chi connectivity index (χ0v) is 17.1. The molecule has 2 saturated heterocycles. The molecule has 1 amide bonds. The van der Waals surface area contributed by atoms with Crippen LogP contribution in [0.2, 0.25) is 0 Å². The third-order valence-corrected chi connectivity index (χ3v) is 5.87. The Morgan fingerprint density at radius 1 is 0.967 bits per heavy atom. The molecule has 30 heavy (non-hydrogen) atoms. The Balaban J connectivity index is 1.48. The Hall–Kier alpha value is -3.29. The second-order valence-corrected chi connectivity index (χ2v) is 7.60. The molecule has 0 aliphatic carbocycles. The number of para-hydroxylation sites is 1. The number of amides is 1. The van der Waals surface area contributed by atoms with Crippen molar-refractivity contribution < 1.29 is 14.5 Å². The van der Waals surface area contributed by atoms with Gasteiger partial charge in [-0.05, 0) is 37.1 Å². The number of carbonyl (C=O) groups excluding carboxylic acids is 1. The smallest absolute Gasteiger partial charge is 0.292 e. The Bertz CT molecular complexity index is 934. The quantitative estimate of drug-likeness (QED) is 0.557. The van der Waals surface area contributed by atoms with Gasteiger partial charge in [0.25, 0.3) is 11.6 Å². The van der Waals surface area contributed by atoms with Crippen molar-refractivity contribution in [3.8, 4) is 5.75 Å². The molecule has 2 aromatic rings. The second kappa shape index (κ2) is 8.61. The number of benzene rings is 2. The van der Waals surface area contributed by atoms with Crippen molar-refractivity contribution in [1.82, 2.24) is 4.90 Å². The lowest BCUT2D eigenvalue weighted by Gasteiger charge is -2.36. The lowest BCUT2D eigenvalue weighted by molar-refractivity contribution is -0.384. The highest BCUT2D eigenvalue weighted by molar-refractivity contribution is 5.97. The van der Waals surface area contributed by atoms with Crippen molar-refractivity contribution in [1.29, 1.82) is 0 Å². The lowest BCUT2D eigenvalue weighted by atomic mass is 10.1. The van der Waals surface area contributed by atoms with Gasteiger partial charge >= 0.3 is 0 Å². The summed E-state index contributed by atoms with van der Waals surface area (Å²) in [6, 6.07) is 12.6. The van der Waals surface area contributed by atoms with E-state index in [4.69, 9.17) is 4.74 Å². The molecule has 0 aromatic heterocycles. The summed E-state index contributed by atoms with van der Waals surface area (Å²) < 4.78 is 5.32. The minimum absolute atomic E-state index is 0.0337. The molecule has 4 rings (SSSR count). The van der Waals surface area contributed by atoms with Gasteiger partial charge in [-0.25, -0.2) is 0 Å². The summed E-state index contributed by atoms with van der Waals surface area (Å²) in [6.07, 6.45) is 2.12. The Kier molecular flexibility index (Phi) is 5.74. The zero-order valence-electron chi connectivity index (χ0n) is 17.1. The fourth-order valence-electron chi connectivity index (χ4n) is 4.23. The molecule has 0 atom stereocenters. The van der Waals surface area contributed by atoms with E-state index in [0.29, 0.717) is 43.2 Å². The van der Waals surface area contributed by atoms with E-state index in [2.05, 4.69) is 9.80 Å². The van der Waals surface area contributed by atoms with Gasteiger partial charge in [-0.1, -0.05) is 12.1 Å². The first-order valence-electron chi connectivity index (χ1n) is 10.3. The van der Waals surface area contributed by atoms with Gasteiger partial charge < -0.3 is 19.4 Å². The number of anilines is 2. The van der Waals surface area contributed by atoms with Crippen LogP contribution in [-0.4, -0.2) is 62.1 Å². The highest BCUT2D eigenvalue weighted by atomic mass is 16.6. The van der Waals surface area contributed by atoms with Gasteiger partial charge in [-0.2, -0.15) is 0 Å². The summed E-state index contributed by atoms with van der Waals surface area (Å²) in [5, 5.41) is 11.5. The van der Waals surface area contributed by atoms with Crippen LogP contribution in [0.25, 0.3) is 0 Å². The van der Waals surface area contributed by atoms with E-state index >= 15 is 0 Å². The van der Waals surface area contributed by atoms with Crippen LogP contribution >= 0.6 is 0 Å². The largest absolute Gasteiger partial charge is 0.496 e. The third kappa shape index (κ3) is 3.90. The minimum Gasteiger partial charge on any atom is -0.496 e. The summed E-state index contributed by atoms with van der Waals surface area (Å²) in [4.78, 5) is 30.2. The number of nitro benzene ring substituents is 1. The first-order chi connectivity index (χ1) is 14.6. The van der Waals surface area contributed by atoms with Crippen molar-refractivity contribution in [2.45, 2.75) is 12.8 Å². The molecule has 8 nitrogen and oxygen atoms in total. The van der Waals surface area contributed by atoms with Crippen LogP contribution in [0, 0.1) is 10.1 Å². The number of nitro groups is 1. The molecule has 8 heteroatoms. The first-order valence-corrected chi connectivity index (χ1v) is 10.3. The number of methoxy groups -OCH3 is 1. The molecule has 0 unspecified atom stereocenters. The lowest BCUT2D eigenvalue weighted by Crippen LogP contribution is -2.48. The molecule has 2 aliphatic heterocycles. The van der Waals surface area contributed by atoms with Gasteiger partial charge in [-0.15, -0.1) is 0 Å². The first kappa shape index (κ1) is 20.0. The SMILES string of the molecule is COc1ccccc1C(=O)N1CCN(c2ccc([N+](=O)[O-])c(N3CCCC3)c2)CC1. The standard InChI is InChI=1S/C22H26N4O4/c1-30-21-7-3-2-6-18(21)22(27)25-14-12-23(13-15-25)17-8-9-19(26(28)29)20(16-17)24-10-4-5-11-24/h2-3,6-9,16H,4-5,10-15H2,1H3. The molecule has 0 N–H and O–H groups in total. The number of ether oxygens (including phenoxy) is 1. The number of nitrogens with zero attached hydrogens (tertiary/aromatic N) is 4. The monoisotopic (exact) mass is 410 g/mol. The molecule has 2 heterocycles. The Labute approximate surface area is 175 Å². The molecule has 0 bridgehead atoms. The number of rotatable bonds is 5. The molecule has 0 spiro atoms. The summed E-state index contributed by atoms with van der Waals surface area (Å²) >= 11 is 0. The molecule has 2 fully saturated rings. The molecule has 0 radical (unpaired) electrons. The van der Waals surface area contributed by atoms with Gasteiger partial charge in [0.2, 0.25) is 0 Å². The molecule has 2 aliphatic rings. The maximum Gasteiger partial charge on any atom is 0.292 e. The molecular weight excluding hydrogens is 384 g/mol. The van der Waals surface area contributed by atoms with E-state index in [1.807, 2.05) is 29.2 Å². The zero-order chi connectivity index (χ0) is 21.1. The van der Waals surface area contributed by atoms with E-state index in [9.17, 15) is 14.9 Å². The third-order valence-electron chi connectivity index (χ3n) is 5.87. The van der Waals surface area contributed by atoms with Crippen LogP contribution in [0.3, 0.4) is 0 Å². The summed E-state index contributed by atoms with van der Waals surface area (Å²) in [6.45, 7) is 4.24. The van der Waals surface area contributed by atoms with Gasteiger partial charge in [-0.3, -0.25) is 14.9 Å². The van der Waals surface area contributed by atoms with E-state index in [-0.39, 0.29) is 16.5 Å². The maximum atomic E-state index is 12.9. The average molecular weight is 410 g/mol. The second-order valence-electron chi connectivity index (χ2n) is 7.60. The van der Waals surface area contributed by atoms with Crippen molar-refractivity contribution in [3.63, 3.8) is 0 Å². The van der Waals surface area contributed by atoms with E-state index in [0.717, 1.165) is 31.6 Å². The molecule has 2 aromatic carbocycles. The Morgan fingerprint density at radius 3 is 2.33 bits per heavy atom. The van der Waals surface area contributed by atoms with Crippen molar-refractivity contribution in [2.24, 2.45) is 0 Å². The predicted octanol–water partition coefficient (Wildman–Crippen LogP) is 3.17. The van der Waals surface area contributed by atoms with Crippen LogP contribution in [0.5, 0.6) is 5.75 Å². The van der Waals surface area contributed by atoms with E-state index < -0.39 is 0 Å². The van der Waals surface area contributed by atoms with Gasteiger partial charge in [0.15, 0.2) is 0 Å². The number of hydrogen-bond donors (Lipinski definition) is 0. The van der Waals surface area contributed by atoms with Crippen LogP contribution in [-0.2, 0) is 0 Å². The van der Waals surface area contributed by atoms with Gasteiger partial charge in [0, 0.05) is 51.0 Å². The summed E-state index contributed by atoms with van der Waals surface area (Å²) in [5.41, 5.74) is 2.39. The summed E-state index contributed by atoms with van der Waals surface area (Å²) in [7, 11) is 1.57. The van der Waals surface area contributed by atoms with Crippen LogP contribution in [0.15, 0.2) is 42.5 Å². The predicted molar refractivity (Wildman–Crippen MR) is 116 cm³/mol. The van der Waals surface area contributed by atoms with Crippen LogP contribution in [0.1, 0.15) is 23.2 Å². The minimum atomic E-state index is -0.304. The van der Waals surface area contributed by atoms with E-state index in [1.54, 1.807) is 25.3 Å². The van der Waals surface area contributed by atoms with Crippen LogP contribution < -0.4 is 14.5 Å². The number of piperazine rings is 1. The molecule has 158 valence electrons. The van der Waals surface area contributed by atoms with Crippen LogP contribution in [0.4, 0.5) is 17.1 Å². The average Bonchev–Trinajstić information content (AvgIpc) is 3.33. The van der Waals surface area contributed by atoms with Crippen molar-refractivity contribution in [3.05, 3.63) is 58.1 Å².